The van der Waals surface area contributed by atoms with E-state index in [1.165, 1.54) is 22.5 Å². The molecular formula is C21H23ClN4O5S. The molecule has 1 saturated heterocycles. The van der Waals surface area contributed by atoms with Gasteiger partial charge in [-0.3, -0.25) is 4.79 Å². The number of nitrogens with zero attached hydrogens (tertiary/aromatic N) is 2. The second-order valence-corrected chi connectivity index (χ2v) is 9.13. The van der Waals surface area contributed by atoms with Gasteiger partial charge in [-0.2, -0.15) is 9.57 Å². The number of benzene rings is 2. The Balaban J connectivity index is 1.71. The minimum absolute atomic E-state index is 0.0716. The average Bonchev–Trinajstić information content (AvgIpc) is 2.80. The van der Waals surface area contributed by atoms with Crippen LogP contribution < -0.4 is 15.4 Å². The number of nitrogens with one attached hydrogen (secondary N) is 2. The lowest BCUT2D eigenvalue weighted by Gasteiger charge is -2.26. The van der Waals surface area contributed by atoms with Crippen LogP contribution >= 0.6 is 11.6 Å². The van der Waals surface area contributed by atoms with E-state index in [-0.39, 0.29) is 29.6 Å². The van der Waals surface area contributed by atoms with Gasteiger partial charge in [0.05, 0.1) is 48.7 Å². The Morgan fingerprint density at radius 2 is 2.00 bits per heavy atom. The van der Waals surface area contributed by atoms with Crippen LogP contribution in [0.15, 0.2) is 41.3 Å². The number of amides is 1. The lowest BCUT2D eigenvalue weighted by Crippen LogP contribution is -2.40. The predicted octanol–water partition coefficient (Wildman–Crippen LogP) is 2.68. The molecule has 0 radical (unpaired) electrons. The summed E-state index contributed by atoms with van der Waals surface area (Å²) in [6.45, 7) is 3.25. The summed E-state index contributed by atoms with van der Waals surface area (Å²) >= 11 is 6.15. The lowest BCUT2D eigenvalue weighted by atomic mass is 10.2. The Morgan fingerprint density at radius 1 is 1.25 bits per heavy atom. The standard InChI is InChI=1S/C21H23ClN4O5S/c1-2-31-19-6-3-15(13-23)11-18(19)24-14-21(27)25-16-4-5-17(22)20(12-16)32(28,29)26-7-9-30-10-8-26/h3-6,11-12,24H,2,7-10,14H2,1H3,(H,25,27). The topological polar surface area (TPSA) is 121 Å². The molecule has 2 aromatic carbocycles. The SMILES string of the molecule is CCOc1ccc(C#N)cc1NCC(=O)Nc1ccc(Cl)c(S(=O)(=O)N2CCOCC2)c1. The number of sulfonamides is 1. The van der Waals surface area contributed by atoms with E-state index in [4.69, 9.17) is 26.3 Å². The van der Waals surface area contributed by atoms with E-state index in [0.717, 1.165) is 0 Å². The molecule has 32 heavy (non-hydrogen) atoms. The van der Waals surface area contributed by atoms with Crippen LogP contribution in [0, 0.1) is 11.3 Å². The van der Waals surface area contributed by atoms with Gasteiger partial charge in [-0.15, -0.1) is 0 Å². The van der Waals surface area contributed by atoms with Gasteiger partial charge in [0.25, 0.3) is 0 Å². The van der Waals surface area contributed by atoms with Crippen LogP contribution in [0.4, 0.5) is 11.4 Å². The number of rotatable bonds is 8. The number of carbonyl (C=O) groups is 1. The van der Waals surface area contributed by atoms with Crippen LogP contribution in [-0.2, 0) is 19.6 Å². The minimum Gasteiger partial charge on any atom is -0.492 e. The highest BCUT2D eigenvalue weighted by Crippen LogP contribution is 2.29. The number of hydrogen-bond acceptors (Lipinski definition) is 7. The second kappa shape index (κ2) is 10.7. The lowest BCUT2D eigenvalue weighted by molar-refractivity contribution is -0.114. The fraction of sp³-hybridized carbons (Fsp3) is 0.333. The van der Waals surface area contributed by atoms with Gasteiger partial charge in [0.2, 0.25) is 15.9 Å². The van der Waals surface area contributed by atoms with E-state index in [9.17, 15) is 13.2 Å². The Morgan fingerprint density at radius 3 is 2.69 bits per heavy atom. The number of ether oxygens (including phenoxy) is 2. The van der Waals surface area contributed by atoms with Crippen LogP contribution in [0.3, 0.4) is 0 Å². The van der Waals surface area contributed by atoms with Crippen molar-refractivity contribution in [3.05, 3.63) is 47.0 Å². The van der Waals surface area contributed by atoms with Crippen molar-refractivity contribution in [2.75, 3.05) is 50.1 Å². The first-order chi connectivity index (χ1) is 15.3. The molecule has 1 heterocycles. The first kappa shape index (κ1) is 23.8. The van der Waals surface area contributed by atoms with Crippen molar-refractivity contribution in [2.45, 2.75) is 11.8 Å². The smallest absolute Gasteiger partial charge is 0.244 e. The van der Waals surface area contributed by atoms with Crippen molar-refractivity contribution >= 4 is 38.9 Å². The molecule has 9 nitrogen and oxygen atoms in total. The highest BCUT2D eigenvalue weighted by atomic mass is 35.5. The molecule has 0 aliphatic carbocycles. The molecule has 1 aliphatic heterocycles. The zero-order chi connectivity index (χ0) is 23.1. The highest BCUT2D eigenvalue weighted by molar-refractivity contribution is 7.89. The number of anilines is 2. The third kappa shape index (κ3) is 5.69. The summed E-state index contributed by atoms with van der Waals surface area (Å²) in [7, 11) is -3.82. The van der Waals surface area contributed by atoms with Gasteiger partial charge >= 0.3 is 0 Å². The van der Waals surface area contributed by atoms with Crippen LogP contribution in [-0.4, -0.2) is 58.1 Å². The molecule has 170 valence electrons. The largest absolute Gasteiger partial charge is 0.492 e. The molecule has 0 bridgehead atoms. The summed E-state index contributed by atoms with van der Waals surface area (Å²) in [6.07, 6.45) is 0. The van der Waals surface area contributed by atoms with Gasteiger partial charge in [0, 0.05) is 18.8 Å². The van der Waals surface area contributed by atoms with Crippen molar-refractivity contribution < 1.29 is 22.7 Å². The first-order valence-corrected chi connectivity index (χ1v) is 11.7. The second-order valence-electron chi connectivity index (χ2n) is 6.82. The Hall–Kier alpha value is -2.84. The van der Waals surface area contributed by atoms with Gasteiger partial charge in [0.1, 0.15) is 10.6 Å². The van der Waals surface area contributed by atoms with Crippen LogP contribution in [0.2, 0.25) is 5.02 Å². The van der Waals surface area contributed by atoms with Gasteiger partial charge in [-0.1, -0.05) is 11.6 Å². The normalized spacial score (nSPS) is 14.4. The van der Waals surface area contributed by atoms with Gasteiger partial charge in [-0.25, -0.2) is 8.42 Å². The quantitative estimate of drug-likeness (QED) is 0.598. The van der Waals surface area contributed by atoms with Crippen molar-refractivity contribution in [3.8, 4) is 11.8 Å². The zero-order valence-electron chi connectivity index (χ0n) is 17.4. The predicted molar refractivity (Wildman–Crippen MR) is 120 cm³/mol. The monoisotopic (exact) mass is 478 g/mol. The van der Waals surface area contributed by atoms with Crippen molar-refractivity contribution in [3.63, 3.8) is 0 Å². The Bertz CT molecular complexity index is 1130. The molecule has 1 fully saturated rings. The van der Waals surface area contributed by atoms with Crippen LogP contribution in [0.25, 0.3) is 0 Å². The molecule has 1 aliphatic rings. The third-order valence-corrected chi connectivity index (χ3v) is 7.03. The highest BCUT2D eigenvalue weighted by Gasteiger charge is 2.28. The maximum Gasteiger partial charge on any atom is 0.244 e. The average molecular weight is 479 g/mol. The molecule has 2 N–H and O–H groups in total. The molecule has 0 atom stereocenters. The molecule has 0 aromatic heterocycles. The van der Waals surface area contributed by atoms with Gasteiger partial charge < -0.3 is 20.1 Å². The molecule has 11 heteroatoms. The minimum atomic E-state index is -3.82. The van der Waals surface area contributed by atoms with Gasteiger partial charge in [-0.05, 0) is 43.3 Å². The van der Waals surface area contributed by atoms with Crippen molar-refractivity contribution in [1.82, 2.24) is 4.31 Å². The van der Waals surface area contributed by atoms with Crippen molar-refractivity contribution in [1.29, 1.82) is 5.26 Å². The summed E-state index contributed by atoms with van der Waals surface area (Å²) in [5.41, 5.74) is 1.23. The van der Waals surface area contributed by atoms with E-state index in [1.54, 1.807) is 18.2 Å². The summed E-state index contributed by atoms with van der Waals surface area (Å²) in [5, 5.41) is 14.8. The first-order valence-electron chi connectivity index (χ1n) is 9.93. The number of hydrogen-bond donors (Lipinski definition) is 2. The van der Waals surface area contributed by atoms with E-state index in [2.05, 4.69) is 10.6 Å². The van der Waals surface area contributed by atoms with E-state index in [0.29, 0.717) is 42.5 Å². The summed E-state index contributed by atoms with van der Waals surface area (Å²) in [4.78, 5) is 12.4. The summed E-state index contributed by atoms with van der Waals surface area (Å²) in [6, 6.07) is 11.2. The number of halogens is 1. The number of nitriles is 1. The summed E-state index contributed by atoms with van der Waals surface area (Å²) < 4.78 is 37.9. The molecule has 0 spiro atoms. The molecule has 2 aromatic rings. The van der Waals surface area contributed by atoms with Gasteiger partial charge in [0.15, 0.2) is 0 Å². The maximum absolute atomic E-state index is 12.9. The van der Waals surface area contributed by atoms with E-state index < -0.39 is 15.9 Å². The maximum atomic E-state index is 12.9. The third-order valence-electron chi connectivity index (χ3n) is 4.65. The molecule has 3 rings (SSSR count). The molecule has 1 amide bonds. The van der Waals surface area contributed by atoms with E-state index in [1.807, 2.05) is 13.0 Å². The number of carbonyl (C=O) groups excluding carboxylic acids is 1. The van der Waals surface area contributed by atoms with Crippen LogP contribution in [0.1, 0.15) is 12.5 Å². The zero-order valence-corrected chi connectivity index (χ0v) is 19.0. The molecular weight excluding hydrogens is 456 g/mol. The Kier molecular flexibility index (Phi) is 7.93. The molecule has 0 saturated carbocycles. The summed E-state index contributed by atoms with van der Waals surface area (Å²) in [5.74, 6) is 0.108. The van der Waals surface area contributed by atoms with E-state index >= 15 is 0 Å². The molecule has 0 unspecified atom stereocenters. The van der Waals surface area contributed by atoms with Crippen molar-refractivity contribution in [2.24, 2.45) is 0 Å². The van der Waals surface area contributed by atoms with Crippen LogP contribution in [0.5, 0.6) is 5.75 Å². The Labute approximate surface area is 191 Å². The fourth-order valence-corrected chi connectivity index (χ4v) is 5.01. The fourth-order valence-electron chi connectivity index (χ4n) is 3.10. The number of morpholine rings is 1.